The third-order valence-electron chi connectivity index (χ3n) is 4.27. The van der Waals surface area contributed by atoms with Gasteiger partial charge in [0, 0.05) is 50.2 Å². The third kappa shape index (κ3) is 2.86. The Hall–Kier alpha value is -1.30. The Morgan fingerprint density at radius 2 is 2.10 bits per heavy atom. The first-order valence-electron chi connectivity index (χ1n) is 7.51. The standard InChI is InChI=1S/C15H21ClN4O/c1-2-12(19-6-8-20(16)9-7-19)14-13-11(10-18-14)4-3-5-17-15(13)21/h3-4,10,12,18H,2,5-9H2,1H3,(H,17,21). The fraction of sp³-hybridized carbons (Fsp3) is 0.533. The van der Waals surface area contributed by atoms with E-state index in [1.807, 2.05) is 22.8 Å². The summed E-state index contributed by atoms with van der Waals surface area (Å²) in [6.07, 6.45) is 6.89. The summed E-state index contributed by atoms with van der Waals surface area (Å²) in [4.78, 5) is 18.1. The van der Waals surface area contributed by atoms with Gasteiger partial charge in [0.2, 0.25) is 0 Å². The van der Waals surface area contributed by atoms with Crippen LogP contribution >= 0.6 is 11.8 Å². The number of hydrogen-bond acceptors (Lipinski definition) is 3. The van der Waals surface area contributed by atoms with Gasteiger partial charge in [0.25, 0.3) is 5.91 Å². The van der Waals surface area contributed by atoms with E-state index in [0.717, 1.165) is 49.4 Å². The lowest BCUT2D eigenvalue weighted by molar-refractivity contribution is 0.0949. The summed E-state index contributed by atoms with van der Waals surface area (Å²) in [6, 6.07) is 0.233. The molecule has 3 heterocycles. The molecular weight excluding hydrogens is 288 g/mol. The van der Waals surface area contributed by atoms with Gasteiger partial charge in [-0.3, -0.25) is 9.69 Å². The second-order valence-corrected chi connectivity index (χ2v) is 5.99. The lowest BCUT2D eigenvalue weighted by Crippen LogP contribution is -2.44. The molecule has 0 spiro atoms. The molecule has 0 aliphatic carbocycles. The van der Waals surface area contributed by atoms with Gasteiger partial charge in [-0.05, 0) is 18.2 Å². The molecule has 0 radical (unpaired) electrons. The molecule has 2 aliphatic heterocycles. The van der Waals surface area contributed by atoms with Crippen LogP contribution in [0.1, 0.15) is 41.0 Å². The number of piperazine rings is 1. The molecule has 6 heteroatoms. The van der Waals surface area contributed by atoms with Crippen LogP contribution in [0.3, 0.4) is 0 Å². The quantitative estimate of drug-likeness (QED) is 0.840. The maximum Gasteiger partial charge on any atom is 0.254 e. The molecule has 2 aliphatic rings. The molecule has 3 rings (SSSR count). The molecule has 0 bridgehead atoms. The second-order valence-electron chi connectivity index (χ2n) is 5.51. The van der Waals surface area contributed by atoms with Gasteiger partial charge in [0.1, 0.15) is 0 Å². The SMILES string of the molecule is CCC(c1[nH]cc2c1C(=O)NCC=C2)N1CCN(Cl)CC1. The van der Waals surface area contributed by atoms with Gasteiger partial charge in [0.15, 0.2) is 0 Å². The van der Waals surface area contributed by atoms with Crippen molar-refractivity contribution in [3.8, 4) is 0 Å². The van der Waals surface area contributed by atoms with Gasteiger partial charge in [-0.15, -0.1) is 0 Å². The van der Waals surface area contributed by atoms with Crippen LogP contribution in [0.4, 0.5) is 0 Å². The van der Waals surface area contributed by atoms with E-state index in [1.165, 1.54) is 0 Å². The molecular formula is C15H21ClN4O. The molecule has 1 unspecified atom stereocenters. The Kier molecular flexibility index (Phi) is 4.33. The van der Waals surface area contributed by atoms with Crippen molar-refractivity contribution in [3.05, 3.63) is 29.1 Å². The van der Waals surface area contributed by atoms with E-state index in [-0.39, 0.29) is 11.9 Å². The van der Waals surface area contributed by atoms with Gasteiger partial charge in [-0.25, -0.2) is 4.42 Å². The Balaban J connectivity index is 1.90. The predicted octanol–water partition coefficient (Wildman–Crippen LogP) is 1.99. The third-order valence-corrected chi connectivity index (χ3v) is 4.60. The first-order chi connectivity index (χ1) is 10.2. The fourth-order valence-electron chi connectivity index (χ4n) is 3.18. The normalized spacial score (nSPS) is 21.7. The largest absolute Gasteiger partial charge is 0.362 e. The second kappa shape index (κ2) is 6.22. The molecule has 1 saturated heterocycles. The van der Waals surface area contributed by atoms with Gasteiger partial charge >= 0.3 is 0 Å². The van der Waals surface area contributed by atoms with Gasteiger partial charge in [-0.2, -0.15) is 0 Å². The van der Waals surface area contributed by atoms with E-state index in [1.54, 1.807) is 0 Å². The Labute approximate surface area is 130 Å². The van der Waals surface area contributed by atoms with Gasteiger partial charge < -0.3 is 10.3 Å². The highest BCUT2D eigenvalue weighted by atomic mass is 35.5. The number of halogens is 1. The highest BCUT2D eigenvalue weighted by Crippen LogP contribution is 2.30. The number of nitrogens with zero attached hydrogens (tertiary/aromatic N) is 2. The van der Waals surface area contributed by atoms with Crippen LogP contribution in [-0.4, -0.2) is 52.9 Å². The Morgan fingerprint density at radius 1 is 1.33 bits per heavy atom. The molecule has 114 valence electrons. The van der Waals surface area contributed by atoms with E-state index >= 15 is 0 Å². The summed E-state index contributed by atoms with van der Waals surface area (Å²) in [5.41, 5.74) is 2.80. The van der Waals surface area contributed by atoms with Crippen LogP contribution in [0, 0.1) is 0 Å². The number of nitrogens with one attached hydrogen (secondary N) is 2. The zero-order valence-electron chi connectivity index (χ0n) is 12.2. The lowest BCUT2D eigenvalue weighted by Gasteiger charge is -2.36. The molecule has 0 aromatic carbocycles. The minimum absolute atomic E-state index is 0.0145. The number of H-pyrrole nitrogens is 1. The summed E-state index contributed by atoms with van der Waals surface area (Å²) < 4.78 is 1.83. The van der Waals surface area contributed by atoms with Crippen LogP contribution in [0.25, 0.3) is 6.08 Å². The molecule has 0 saturated carbocycles. The number of amides is 1. The average Bonchev–Trinajstić information content (AvgIpc) is 2.81. The fourth-order valence-corrected chi connectivity index (χ4v) is 3.33. The topological polar surface area (TPSA) is 51.4 Å². The van der Waals surface area contributed by atoms with E-state index in [4.69, 9.17) is 11.8 Å². The van der Waals surface area contributed by atoms with Crippen LogP contribution < -0.4 is 5.32 Å². The molecule has 1 amide bonds. The maximum atomic E-state index is 12.3. The van der Waals surface area contributed by atoms with Crippen molar-refractivity contribution in [2.24, 2.45) is 0 Å². The van der Waals surface area contributed by atoms with Crippen LogP contribution in [0.15, 0.2) is 12.3 Å². The molecule has 1 aromatic rings. The zero-order valence-corrected chi connectivity index (χ0v) is 13.0. The number of fused-ring (bicyclic) bond motifs is 1. The number of aromatic amines is 1. The summed E-state index contributed by atoms with van der Waals surface area (Å²) in [6.45, 7) is 6.31. The summed E-state index contributed by atoms with van der Waals surface area (Å²) in [5, 5.41) is 2.92. The maximum absolute atomic E-state index is 12.3. The summed E-state index contributed by atoms with van der Waals surface area (Å²) >= 11 is 6.04. The van der Waals surface area contributed by atoms with Crippen LogP contribution in [0.5, 0.6) is 0 Å². The van der Waals surface area contributed by atoms with Crippen molar-refractivity contribution < 1.29 is 4.79 Å². The summed E-state index contributed by atoms with van der Waals surface area (Å²) in [5.74, 6) is 0.0145. The predicted molar refractivity (Wildman–Crippen MR) is 84.2 cm³/mol. The van der Waals surface area contributed by atoms with Crippen molar-refractivity contribution in [2.75, 3.05) is 32.7 Å². The molecule has 1 aromatic heterocycles. The number of rotatable bonds is 3. The number of carbonyl (C=O) groups excluding carboxylic acids is 1. The number of hydrogen-bond donors (Lipinski definition) is 2. The minimum Gasteiger partial charge on any atom is -0.362 e. The molecule has 1 atom stereocenters. The molecule has 2 N–H and O–H groups in total. The van der Waals surface area contributed by atoms with Crippen molar-refractivity contribution in [1.82, 2.24) is 19.6 Å². The van der Waals surface area contributed by atoms with Crippen molar-refractivity contribution in [1.29, 1.82) is 0 Å². The van der Waals surface area contributed by atoms with Crippen LogP contribution in [0.2, 0.25) is 0 Å². The van der Waals surface area contributed by atoms with Gasteiger partial charge in [0.05, 0.1) is 11.6 Å². The molecule has 21 heavy (non-hydrogen) atoms. The number of aromatic nitrogens is 1. The Bertz CT molecular complexity index is 546. The van der Waals surface area contributed by atoms with Gasteiger partial charge in [-0.1, -0.05) is 19.1 Å². The molecule has 1 fully saturated rings. The Morgan fingerprint density at radius 3 is 2.81 bits per heavy atom. The summed E-state index contributed by atoms with van der Waals surface area (Å²) in [7, 11) is 0. The van der Waals surface area contributed by atoms with Crippen molar-refractivity contribution in [2.45, 2.75) is 19.4 Å². The highest BCUT2D eigenvalue weighted by molar-refractivity contribution is 6.13. The van der Waals surface area contributed by atoms with Crippen molar-refractivity contribution in [3.63, 3.8) is 0 Å². The lowest BCUT2D eigenvalue weighted by atomic mass is 10.0. The first-order valence-corrected chi connectivity index (χ1v) is 7.85. The first kappa shape index (κ1) is 14.6. The minimum atomic E-state index is 0.0145. The highest BCUT2D eigenvalue weighted by Gasteiger charge is 2.29. The van der Waals surface area contributed by atoms with E-state index < -0.39 is 0 Å². The monoisotopic (exact) mass is 308 g/mol. The van der Waals surface area contributed by atoms with Crippen LogP contribution in [-0.2, 0) is 0 Å². The molecule has 5 nitrogen and oxygen atoms in total. The van der Waals surface area contributed by atoms with Crippen molar-refractivity contribution >= 4 is 23.8 Å². The van der Waals surface area contributed by atoms with E-state index in [2.05, 4.69) is 22.1 Å². The van der Waals surface area contributed by atoms with E-state index in [0.29, 0.717) is 6.54 Å². The van der Waals surface area contributed by atoms with E-state index in [9.17, 15) is 4.79 Å². The smallest absolute Gasteiger partial charge is 0.254 e. The average molecular weight is 309 g/mol. The zero-order chi connectivity index (χ0) is 14.8. The number of carbonyl (C=O) groups is 1.